The average Bonchev–Trinajstić information content (AvgIpc) is 2.64. The van der Waals surface area contributed by atoms with E-state index in [1.165, 1.54) is 30.5 Å². The second-order valence-electron chi connectivity index (χ2n) is 3.41. The fraction of sp³-hybridized carbons (Fsp3) is 0.200. The molecule has 0 radical (unpaired) electrons. The van der Waals surface area contributed by atoms with Crippen LogP contribution in [-0.2, 0) is 5.72 Å². The second-order valence-corrected chi connectivity index (χ2v) is 3.41. The molecule has 0 bridgehead atoms. The summed E-state index contributed by atoms with van der Waals surface area (Å²) in [6.07, 6.45) is -2.14. The Bertz CT molecular complexity index is 447. The molecule has 0 aliphatic carbocycles. The van der Waals surface area contributed by atoms with Gasteiger partial charge in [0.15, 0.2) is 5.72 Å². The first-order valence-electron chi connectivity index (χ1n) is 4.69. The lowest BCUT2D eigenvalue weighted by atomic mass is 10.0. The van der Waals surface area contributed by atoms with Gasteiger partial charge in [-0.3, -0.25) is 0 Å². The van der Waals surface area contributed by atoms with Crippen LogP contribution in [0.4, 0.5) is 13.2 Å². The third-order valence-corrected chi connectivity index (χ3v) is 2.19. The smallest absolute Gasteiger partial charge is 0.405 e. The molecular weight excluding hydrogens is 237 g/mol. The van der Waals surface area contributed by atoms with Gasteiger partial charge < -0.3 is 15.3 Å². The van der Waals surface area contributed by atoms with Crippen LogP contribution in [-0.4, -0.2) is 11.5 Å². The first kappa shape index (κ1) is 11.7. The largest absolute Gasteiger partial charge is 0.573 e. The van der Waals surface area contributed by atoms with E-state index in [2.05, 4.69) is 15.6 Å². The monoisotopic (exact) mass is 246 g/mol. The molecule has 3 N–H and O–H groups in total. The zero-order chi connectivity index (χ0) is 12.5. The van der Waals surface area contributed by atoms with Crippen LogP contribution in [0.15, 0.2) is 36.5 Å². The number of nitrogens with one attached hydrogen (secondary N) is 2. The van der Waals surface area contributed by atoms with Crippen LogP contribution in [0.3, 0.4) is 0 Å². The molecule has 17 heavy (non-hydrogen) atoms. The van der Waals surface area contributed by atoms with Crippen LogP contribution in [0.1, 0.15) is 5.56 Å². The van der Waals surface area contributed by atoms with Crippen molar-refractivity contribution >= 4 is 0 Å². The van der Waals surface area contributed by atoms with Gasteiger partial charge in [0.25, 0.3) is 0 Å². The highest BCUT2D eigenvalue weighted by Gasteiger charge is 2.37. The minimum absolute atomic E-state index is 0.0291. The fourth-order valence-electron chi connectivity index (χ4n) is 1.51. The molecular formula is C10H9F3N2O2. The molecule has 1 aliphatic heterocycles. The molecule has 0 fully saturated rings. The molecule has 1 aromatic carbocycles. The minimum atomic E-state index is -4.80. The molecule has 2 rings (SSSR count). The maximum Gasteiger partial charge on any atom is 0.573 e. The number of rotatable bonds is 2. The summed E-state index contributed by atoms with van der Waals surface area (Å²) >= 11 is 0. The van der Waals surface area contributed by atoms with E-state index < -0.39 is 17.8 Å². The molecule has 0 saturated carbocycles. The maximum absolute atomic E-state index is 12.2. The Morgan fingerprint density at radius 2 is 1.94 bits per heavy atom. The third-order valence-electron chi connectivity index (χ3n) is 2.19. The van der Waals surface area contributed by atoms with Crippen molar-refractivity contribution in [3.05, 3.63) is 42.1 Å². The Balaban J connectivity index is 2.37. The Kier molecular flexibility index (Phi) is 2.72. The average molecular weight is 246 g/mol. The number of hydrogen-bond acceptors (Lipinski definition) is 4. The quantitative estimate of drug-likeness (QED) is 0.737. The van der Waals surface area contributed by atoms with Crippen LogP contribution in [0, 0.1) is 0 Å². The lowest BCUT2D eigenvalue weighted by Crippen LogP contribution is -2.42. The van der Waals surface area contributed by atoms with Gasteiger partial charge in [-0.2, -0.15) is 5.43 Å². The number of alkyl halides is 3. The SMILES string of the molecule is OC1(c2ccccc2OC(F)(F)F)C=CNN1. The van der Waals surface area contributed by atoms with Crippen molar-refractivity contribution in [2.24, 2.45) is 0 Å². The van der Waals surface area contributed by atoms with E-state index >= 15 is 0 Å². The fourth-order valence-corrected chi connectivity index (χ4v) is 1.51. The van der Waals surface area contributed by atoms with Gasteiger partial charge >= 0.3 is 6.36 Å². The third kappa shape index (κ3) is 2.51. The van der Waals surface area contributed by atoms with Crippen molar-refractivity contribution in [3.8, 4) is 5.75 Å². The molecule has 1 aromatic rings. The van der Waals surface area contributed by atoms with Crippen molar-refractivity contribution in [2.45, 2.75) is 12.1 Å². The topological polar surface area (TPSA) is 53.5 Å². The lowest BCUT2D eigenvalue weighted by Gasteiger charge is -2.24. The number of hydrogen-bond donors (Lipinski definition) is 3. The van der Waals surface area contributed by atoms with E-state index in [0.29, 0.717) is 0 Å². The van der Waals surface area contributed by atoms with Crippen LogP contribution < -0.4 is 15.6 Å². The van der Waals surface area contributed by atoms with E-state index in [9.17, 15) is 18.3 Å². The van der Waals surface area contributed by atoms with Crippen LogP contribution >= 0.6 is 0 Å². The van der Waals surface area contributed by atoms with Gasteiger partial charge in [-0.05, 0) is 12.1 Å². The minimum Gasteiger partial charge on any atom is -0.405 e. The highest BCUT2D eigenvalue weighted by molar-refractivity contribution is 5.40. The van der Waals surface area contributed by atoms with Crippen LogP contribution in [0.25, 0.3) is 0 Å². The lowest BCUT2D eigenvalue weighted by molar-refractivity contribution is -0.275. The molecule has 0 amide bonds. The van der Waals surface area contributed by atoms with E-state index in [0.717, 1.165) is 6.07 Å². The standard InChI is InChI=1S/C10H9F3N2O2/c11-10(12,13)17-8-4-2-1-3-7(8)9(16)5-6-14-15-9/h1-6,14-16H. The van der Waals surface area contributed by atoms with Crippen molar-refractivity contribution in [1.29, 1.82) is 0 Å². The second kappa shape index (κ2) is 3.94. The number of para-hydroxylation sites is 1. The summed E-state index contributed by atoms with van der Waals surface area (Å²) in [4.78, 5) is 0. The van der Waals surface area contributed by atoms with E-state index in [1.54, 1.807) is 0 Å². The van der Waals surface area contributed by atoms with Gasteiger partial charge in [0.2, 0.25) is 0 Å². The van der Waals surface area contributed by atoms with Crippen molar-refractivity contribution in [1.82, 2.24) is 10.9 Å². The Labute approximate surface area is 94.7 Å². The number of halogens is 3. The van der Waals surface area contributed by atoms with Crippen LogP contribution in [0.5, 0.6) is 5.75 Å². The number of aliphatic hydroxyl groups is 1. The summed E-state index contributed by atoms with van der Waals surface area (Å²) in [5.41, 5.74) is 3.16. The molecule has 0 spiro atoms. The summed E-state index contributed by atoms with van der Waals surface area (Å²) in [6.45, 7) is 0. The van der Waals surface area contributed by atoms with Crippen molar-refractivity contribution in [2.75, 3.05) is 0 Å². The van der Waals surface area contributed by atoms with Gasteiger partial charge in [0, 0.05) is 11.8 Å². The molecule has 0 saturated heterocycles. The Morgan fingerprint density at radius 3 is 2.53 bits per heavy atom. The molecule has 1 unspecified atom stereocenters. The first-order chi connectivity index (χ1) is 7.91. The van der Waals surface area contributed by atoms with Gasteiger partial charge in [-0.25, -0.2) is 0 Å². The number of benzene rings is 1. The summed E-state index contributed by atoms with van der Waals surface area (Å²) in [5, 5.41) is 10.0. The zero-order valence-corrected chi connectivity index (χ0v) is 8.45. The van der Waals surface area contributed by atoms with E-state index in [-0.39, 0.29) is 5.56 Å². The summed E-state index contributed by atoms with van der Waals surface area (Å²) in [5.74, 6) is -0.455. The number of ether oxygens (including phenoxy) is 1. The van der Waals surface area contributed by atoms with Crippen molar-refractivity contribution < 1.29 is 23.0 Å². The molecule has 0 aromatic heterocycles. The highest BCUT2D eigenvalue weighted by Crippen LogP contribution is 2.33. The van der Waals surface area contributed by atoms with Gasteiger partial charge in [0.05, 0.1) is 0 Å². The predicted molar refractivity (Wildman–Crippen MR) is 52.4 cm³/mol. The molecule has 4 nitrogen and oxygen atoms in total. The van der Waals surface area contributed by atoms with Gasteiger partial charge in [-0.1, -0.05) is 18.2 Å². The summed E-state index contributed by atoms with van der Waals surface area (Å²) in [7, 11) is 0. The number of hydrazine groups is 1. The van der Waals surface area contributed by atoms with E-state index in [1.807, 2.05) is 0 Å². The van der Waals surface area contributed by atoms with Gasteiger partial charge in [-0.15, -0.1) is 13.2 Å². The molecule has 7 heteroatoms. The van der Waals surface area contributed by atoms with Gasteiger partial charge in [0.1, 0.15) is 5.75 Å². The Hall–Kier alpha value is -1.73. The molecule has 92 valence electrons. The molecule has 1 atom stereocenters. The Morgan fingerprint density at radius 1 is 1.24 bits per heavy atom. The summed E-state index contributed by atoms with van der Waals surface area (Å²) in [6, 6.07) is 5.37. The molecule has 1 aliphatic rings. The van der Waals surface area contributed by atoms with Crippen molar-refractivity contribution in [3.63, 3.8) is 0 Å². The first-order valence-corrected chi connectivity index (χ1v) is 4.69. The molecule has 1 heterocycles. The zero-order valence-electron chi connectivity index (χ0n) is 8.45. The normalized spacial score (nSPS) is 23.5. The van der Waals surface area contributed by atoms with E-state index in [4.69, 9.17) is 0 Å². The summed E-state index contributed by atoms with van der Waals surface area (Å²) < 4.78 is 40.4. The predicted octanol–water partition coefficient (Wildman–Crippen LogP) is 1.35. The highest BCUT2D eigenvalue weighted by atomic mass is 19.4. The van der Waals surface area contributed by atoms with Crippen LogP contribution in [0.2, 0.25) is 0 Å². The maximum atomic E-state index is 12.2.